The van der Waals surface area contributed by atoms with Crippen LogP contribution in [0.25, 0.3) is 32.7 Å². The van der Waals surface area contributed by atoms with Gasteiger partial charge in [-0.3, -0.25) is 0 Å². The lowest BCUT2D eigenvalue weighted by Gasteiger charge is -2.16. The van der Waals surface area contributed by atoms with Crippen molar-refractivity contribution in [2.45, 2.75) is 0 Å². The molecule has 0 aliphatic carbocycles. The SMILES string of the molecule is OCOc1cc(-c2c(OCO)ccc3ccccc23)c2ccccc2c1. The predicted molar refractivity (Wildman–Crippen MR) is 102 cm³/mol. The van der Waals surface area contributed by atoms with Crippen LogP contribution in [0.15, 0.2) is 72.8 Å². The van der Waals surface area contributed by atoms with Crippen LogP contribution in [0.2, 0.25) is 0 Å². The third-order valence-electron chi connectivity index (χ3n) is 4.45. The maximum absolute atomic E-state index is 9.34. The Labute approximate surface area is 150 Å². The molecule has 0 atom stereocenters. The molecule has 4 aromatic rings. The zero-order valence-electron chi connectivity index (χ0n) is 14.1. The van der Waals surface area contributed by atoms with Crippen molar-refractivity contribution in [2.24, 2.45) is 0 Å². The third kappa shape index (κ3) is 2.86. The van der Waals surface area contributed by atoms with E-state index in [1.54, 1.807) is 0 Å². The van der Waals surface area contributed by atoms with Crippen molar-refractivity contribution >= 4 is 21.5 Å². The fraction of sp³-hybridized carbons (Fsp3) is 0.0909. The van der Waals surface area contributed by atoms with Gasteiger partial charge in [0, 0.05) is 5.56 Å². The van der Waals surface area contributed by atoms with Gasteiger partial charge in [0.15, 0.2) is 13.6 Å². The number of fused-ring (bicyclic) bond motifs is 2. The molecule has 2 N–H and O–H groups in total. The van der Waals surface area contributed by atoms with Crippen LogP contribution < -0.4 is 9.47 Å². The molecule has 0 aliphatic rings. The summed E-state index contributed by atoms with van der Waals surface area (Å²) in [7, 11) is 0. The first-order valence-electron chi connectivity index (χ1n) is 8.34. The number of rotatable bonds is 5. The van der Waals surface area contributed by atoms with Crippen LogP contribution in [0.4, 0.5) is 0 Å². The molecule has 0 aliphatic heterocycles. The second-order valence-corrected chi connectivity index (χ2v) is 5.90. The van der Waals surface area contributed by atoms with Crippen molar-refractivity contribution in [3.05, 3.63) is 72.8 Å². The Morgan fingerprint density at radius 1 is 0.654 bits per heavy atom. The molecule has 0 amide bonds. The summed E-state index contributed by atoms with van der Waals surface area (Å²) in [6.07, 6.45) is 0. The summed E-state index contributed by atoms with van der Waals surface area (Å²) in [5.41, 5.74) is 1.81. The fourth-order valence-corrected chi connectivity index (χ4v) is 3.37. The highest BCUT2D eigenvalue weighted by atomic mass is 16.6. The van der Waals surface area contributed by atoms with Crippen molar-refractivity contribution in [3.8, 4) is 22.6 Å². The van der Waals surface area contributed by atoms with E-state index >= 15 is 0 Å². The minimum absolute atomic E-state index is 0.396. The number of aliphatic hydroxyl groups is 2. The molecule has 0 heterocycles. The second kappa shape index (κ2) is 7.04. The fourth-order valence-electron chi connectivity index (χ4n) is 3.37. The van der Waals surface area contributed by atoms with Crippen molar-refractivity contribution < 1.29 is 19.7 Å². The Bertz CT molecular complexity index is 1070. The summed E-state index contributed by atoms with van der Waals surface area (Å²) in [5, 5.41) is 22.6. The lowest BCUT2D eigenvalue weighted by Crippen LogP contribution is -1.99. The zero-order valence-corrected chi connectivity index (χ0v) is 14.1. The second-order valence-electron chi connectivity index (χ2n) is 5.90. The van der Waals surface area contributed by atoms with Crippen molar-refractivity contribution in [1.82, 2.24) is 0 Å². The van der Waals surface area contributed by atoms with Crippen LogP contribution in [0.1, 0.15) is 0 Å². The van der Waals surface area contributed by atoms with Crippen molar-refractivity contribution in [1.29, 1.82) is 0 Å². The molecule has 4 rings (SSSR count). The largest absolute Gasteiger partial charge is 0.468 e. The molecule has 0 aromatic heterocycles. The number of hydrogen-bond acceptors (Lipinski definition) is 4. The first-order chi connectivity index (χ1) is 12.8. The molecule has 4 nitrogen and oxygen atoms in total. The average molecular weight is 346 g/mol. The van der Waals surface area contributed by atoms with Crippen LogP contribution in [-0.4, -0.2) is 23.8 Å². The molecule has 130 valence electrons. The molecule has 0 fully saturated rings. The summed E-state index contributed by atoms with van der Waals surface area (Å²) >= 11 is 0. The van der Waals surface area contributed by atoms with E-state index in [1.807, 2.05) is 72.8 Å². The lowest BCUT2D eigenvalue weighted by atomic mass is 9.93. The van der Waals surface area contributed by atoms with E-state index in [0.29, 0.717) is 11.5 Å². The van der Waals surface area contributed by atoms with Gasteiger partial charge in [0.25, 0.3) is 0 Å². The maximum Gasteiger partial charge on any atom is 0.186 e. The minimum Gasteiger partial charge on any atom is -0.468 e. The van der Waals surface area contributed by atoms with Gasteiger partial charge in [-0.25, -0.2) is 0 Å². The molecular formula is C22H18O4. The summed E-state index contributed by atoms with van der Waals surface area (Å²) < 4.78 is 10.9. The summed E-state index contributed by atoms with van der Waals surface area (Å²) in [4.78, 5) is 0. The van der Waals surface area contributed by atoms with E-state index in [0.717, 1.165) is 32.7 Å². The van der Waals surface area contributed by atoms with Gasteiger partial charge in [0.05, 0.1) is 0 Å². The quantitative estimate of drug-likeness (QED) is 0.529. The van der Waals surface area contributed by atoms with Gasteiger partial charge < -0.3 is 19.7 Å². The molecule has 0 unspecified atom stereocenters. The van der Waals surface area contributed by atoms with Gasteiger partial charge in [0.1, 0.15) is 11.5 Å². The van der Waals surface area contributed by atoms with E-state index in [-0.39, 0.29) is 0 Å². The Morgan fingerprint density at radius 2 is 1.35 bits per heavy atom. The first kappa shape index (κ1) is 16.4. The Hall–Kier alpha value is -3.08. The van der Waals surface area contributed by atoms with E-state index < -0.39 is 13.6 Å². The zero-order chi connectivity index (χ0) is 17.9. The van der Waals surface area contributed by atoms with Crippen molar-refractivity contribution in [2.75, 3.05) is 13.6 Å². The molecule has 0 spiro atoms. The lowest BCUT2D eigenvalue weighted by molar-refractivity contribution is 0.0987. The average Bonchev–Trinajstić information content (AvgIpc) is 2.68. The predicted octanol–water partition coefficient (Wildman–Crippen LogP) is 4.32. The summed E-state index contributed by atoms with van der Waals surface area (Å²) in [5.74, 6) is 1.17. The van der Waals surface area contributed by atoms with Gasteiger partial charge in [-0.15, -0.1) is 0 Å². The smallest absolute Gasteiger partial charge is 0.186 e. The van der Waals surface area contributed by atoms with E-state index in [2.05, 4.69) is 0 Å². The minimum atomic E-state index is -0.407. The summed E-state index contributed by atoms with van der Waals surface area (Å²) in [6, 6.07) is 23.6. The monoisotopic (exact) mass is 346 g/mol. The normalized spacial score (nSPS) is 11.0. The molecular weight excluding hydrogens is 328 g/mol. The molecule has 0 saturated heterocycles. The first-order valence-corrected chi connectivity index (χ1v) is 8.34. The highest BCUT2D eigenvalue weighted by molar-refractivity contribution is 6.08. The standard InChI is InChI=1S/C22H18O4/c23-13-25-17-11-16-6-2-3-7-18(16)20(12-17)22-19-8-4-1-5-15(19)9-10-21(22)26-14-24/h1-12,23-24H,13-14H2. The van der Waals surface area contributed by atoms with Crippen LogP contribution in [0.5, 0.6) is 11.5 Å². The number of benzene rings is 4. The van der Waals surface area contributed by atoms with Gasteiger partial charge in [-0.05, 0) is 45.3 Å². The maximum atomic E-state index is 9.34. The van der Waals surface area contributed by atoms with Crippen LogP contribution in [0.3, 0.4) is 0 Å². The Morgan fingerprint density at radius 3 is 2.12 bits per heavy atom. The van der Waals surface area contributed by atoms with Gasteiger partial charge in [-0.2, -0.15) is 0 Å². The highest BCUT2D eigenvalue weighted by Gasteiger charge is 2.15. The van der Waals surface area contributed by atoms with Gasteiger partial charge in [-0.1, -0.05) is 54.6 Å². The molecule has 0 bridgehead atoms. The Kier molecular flexibility index (Phi) is 4.44. The highest BCUT2D eigenvalue weighted by Crippen LogP contribution is 2.42. The van der Waals surface area contributed by atoms with Crippen LogP contribution >= 0.6 is 0 Å². The van der Waals surface area contributed by atoms with Gasteiger partial charge >= 0.3 is 0 Å². The van der Waals surface area contributed by atoms with E-state index in [4.69, 9.17) is 9.47 Å². The molecule has 26 heavy (non-hydrogen) atoms. The summed E-state index contributed by atoms with van der Waals surface area (Å²) in [6.45, 7) is -0.802. The van der Waals surface area contributed by atoms with Crippen molar-refractivity contribution in [3.63, 3.8) is 0 Å². The Balaban J connectivity index is 2.10. The topological polar surface area (TPSA) is 58.9 Å². The van der Waals surface area contributed by atoms with Crippen LogP contribution in [0, 0.1) is 0 Å². The van der Waals surface area contributed by atoms with Gasteiger partial charge in [0.2, 0.25) is 0 Å². The van der Waals surface area contributed by atoms with E-state index in [1.165, 1.54) is 0 Å². The molecule has 4 aromatic carbocycles. The number of ether oxygens (including phenoxy) is 2. The molecule has 0 radical (unpaired) electrons. The molecule has 0 saturated carbocycles. The number of aliphatic hydroxyl groups excluding tert-OH is 2. The third-order valence-corrected chi connectivity index (χ3v) is 4.45. The van der Waals surface area contributed by atoms with Crippen LogP contribution in [-0.2, 0) is 0 Å². The van der Waals surface area contributed by atoms with E-state index in [9.17, 15) is 10.2 Å². The number of hydrogen-bond donors (Lipinski definition) is 2. The molecule has 4 heteroatoms.